The van der Waals surface area contributed by atoms with Gasteiger partial charge in [-0.15, -0.1) is 0 Å². The van der Waals surface area contributed by atoms with Crippen LogP contribution in [0.25, 0.3) is 0 Å². The molecule has 0 aliphatic carbocycles. The van der Waals surface area contributed by atoms with Crippen molar-refractivity contribution in [3.05, 3.63) is 27.1 Å². The van der Waals surface area contributed by atoms with E-state index in [2.05, 4.69) is 36.6 Å². The summed E-state index contributed by atoms with van der Waals surface area (Å²) in [6.07, 6.45) is 0. The van der Waals surface area contributed by atoms with Crippen molar-refractivity contribution in [2.45, 2.75) is 17.9 Å². The van der Waals surface area contributed by atoms with Gasteiger partial charge in [0.25, 0.3) is 0 Å². The third-order valence-corrected chi connectivity index (χ3v) is 4.90. The minimum atomic E-state index is -3.85. The van der Waals surface area contributed by atoms with Crippen molar-refractivity contribution < 1.29 is 18.3 Å². The molecule has 0 unspecified atom stereocenters. The van der Waals surface area contributed by atoms with Crippen molar-refractivity contribution in [3.8, 4) is 0 Å². The second-order valence-electron chi connectivity index (χ2n) is 3.26. The van der Waals surface area contributed by atoms with E-state index in [0.29, 0.717) is 4.47 Å². The van der Waals surface area contributed by atoms with E-state index in [-0.39, 0.29) is 4.90 Å². The highest BCUT2D eigenvalue weighted by Crippen LogP contribution is 2.25. The number of rotatable bonds is 4. The fourth-order valence-electron chi connectivity index (χ4n) is 1.04. The number of carboxylic acids is 1. The van der Waals surface area contributed by atoms with E-state index in [0.717, 1.165) is 4.47 Å². The molecule has 0 aromatic heterocycles. The van der Waals surface area contributed by atoms with Crippen molar-refractivity contribution in [2.24, 2.45) is 0 Å². The molecule has 0 heterocycles. The zero-order valence-electron chi connectivity index (χ0n) is 8.65. The highest BCUT2D eigenvalue weighted by molar-refractivity contribution is 9.11. The maximum atomic E-state index is 11.9. The number of carboxylic acid groups (broad SMARTS) is 1. The molecule has 94 valence electrons. The fraction of sp³-hybridized carbons (Fsp3) is 0.222. The smallest absolute Gasteiger partial charge is 0.321 e. The Hall–Kier alpha value is -0.440. The number of aliphatic carboxylic acids is 1. The summed E-state index contributed by atoms with van der Waals surface area (Å²) in [6, 6.07) is 3.33. The van der Waals surface area contributed by atoms with Crippen LogP contribution in [-0.2, 0) is 14.8 Å². The van der Waals surface area contributed by atoms with Crippen molar-refractivity contribution in [1.82, 2.24) is 4.72 Å². The van der Waals surface area contributed by atoms with Gasteiger partial charge in [-0.1, -0.05) is 15.9 Å². The van der Waals surface area contributed by atoms with Gasteiger partial charge in [0.05, 0.1) is 4.90 Å². The Bertz CT molecular complexity index is 544. The van der Waals surface area contributed by atoms with Crippen LogP contribution in [0, 0.1) is 0 Å². The van der Waals surface area contributed by atoms with E-state index in [9.17, 15) is 13.2 Å². The van der Waals surface area contributed by atoms with Crippen LogP contribution in [-0.4, -0.2) is 25.5 Å². The van der Waals surface area contributed by atoms with E-state index < -0.39 is 22.0 Å². The van der Waals surface area contributed by atoms with Crippen LogP contribution in [0.2, 0.25) is 0 Å². The lowest BCUT2D eigenvalue weighted by molar-refractivity contribution is -0.138. The summed E-state index contributed by atoms with van der Waals surface area (Å²) >= 11 is 6.31. The van der Waals surface area contributed by atoms with Crippen LogP contribution >= 0.6 is 31.9 Å². The lowest BCUT2D eigenvalue weighted by Gasteiger charge is -2.11. The number of hydrogen-bond donors (Lipinski definition) is 2. The van der Waals surface area contributed by atoms with Crippen molar-refractivity contribution in [2.75, 3.05) is 0 Å². The van der Waals surface area contributed by atoms with Gasteiger partial charge in [-0.25, -0.2) is 8.42 Å². The molecule has 2 N–H and O–H groups in total. The first-order chi connectivity index (χ1) is 7.74. The first-order valence-corrected chi connectivity index (χ1v) is 7.51. The third-order valence-electron chi connectivity index (χ3n) is 1.89. The van der Waals surface area contributed by atoms with E-state index >= 15 is 0 Å². The van der Waals surface area contributed by atoms with E-state index in [1.54, 1.807) is 12.1 Å². The Kier molecular flexibility index (Phi) is 4.70. The highest BCUT2D eigenvalue weighted by Gasteiger charge is 2.23. The van der Waals surface area contributed by atoms with Gasteiger partial charge in [0.2, 0.25) is 10.0 Å². The van der Waals surface area contributed by atoms with Gasteiger partial charge in [0, 0.05) is 8.95 Å². The molecule has 0 bridgehead atoms. The molecule has 0 saturated carbocycles. The van der Waals surface area contributed by atoms with Gasteiger partial charge in [0.1, 0.15) is 6.04 Å². The Labute approximate surface area is 116 Å². The zero-order valence-corrected chi connectivity index (χ0v) is 12.6. The Morgan fingerprint density at radius 1 is 1.41 bits per heavy atom. The zero-order chi connectivity index (χ0) is 13.2. The summed E-state index contributed by atoms with van der Waals surface area (Å²) in [7, 11) is -3.85. The summed E-state index contributed by atoms with van der Waals surface area (Å²) in [5, 5.41) is 8.66. The highest BCUT2D eigenvalue weighted by atomic mass is 79.9. The molecule has 1 rings (SSSR count). The van der Waals surface area contributed by atoms with Gasteiger partial charge in [-0.05, 0) is 41.1 Å². The molecule has 0 spiro atoms. The van der Waals surface area contributed by atoms with Crippen molar-refractivity contribution >= 4 is 47.9 Å². The molecule has 1 aromatic carbocycles. The molecule has 1 atom stereocenters. The molecule has 0 amide bonds. The number of nitrogens with one attached hydrogen (secondary N) is 1. The summed E-state index contributed by atoms with van der Waals surface area (Å²) in [6.45, 7) is 1.26. The second-order valence-corrected chi connectivity index (χ2v) is 6.71. The van der Waals surface area contributed by atoms with Crippen LogP contribution in [0.15, 0.2) is 32.0 Å². The molecule has 0 fully saturated rings. The number of sulfonamides is 1. The van der Waals surface area contributed by atoms with E-state index in [1.165, 1.54) is 13.0 Å². The van der Waals surface area contributed by atoms with Crippen LogP contribution in [0.1, 0.15) is 6.92 Å². The van der Waals surface area contributed by atoms with Gasteiger partial charge >= 0.3 is 5.97 Å². The summed E-state index contributed by atoms with van der Waals surface area (Å²) in [5.74, 6) is -1.23. The monoisotopic (exact) mass is 385 g/mol. The molecule has 0 aliphatic heterocycles. The van der Waals surface area contributed by atoms with Gasteiger partial charge in [-0.2, -0.15) is 4.72 Å². The van der Waals surface area contributed by atoms with E-state index in [1.807, 2.05) is 0 Å². The third kappa shape index (κ3) is 3.77. The van der Waals surface area contributed by atoms with Gasteiger partial charge < -0.3 is 5.11 Å². The number of hydrogen-bond acceptors (Lipinski definition) is 3. The molecule has 0 aliphatic rings. The summed E-state index contributed by atoms with van der Waals surface area (Å²) in [5.41, 5.74) is 0. The molecule has 1 aromatic rings. The Morgan fingerprint density at radius 3 is 2.47 bits per heavy atom. The average Bonchev–Trinajstić information content (AvgIpc) is 2.15. The number of halogens is 2. The molecule has 0 saturated heterocycles. The summed E-state index contributed by atoms with van der Waals surface area (Å²) < 4.78 is 26.9. The van der Waals surface area contributed by atoms with Crippen LogP contribution < -0.4 is 4.72 Å². The molecule has 0 radical (unpaired) electrons. The van der Waals surface area contributed by atoms with Crippen LogP contribution in [0.5, 0.6) is 0 Å². The molecular formula is C9H9Br2NO4S. The fourth-order valence-corrected chi connectivity index (χ4v) is 3.98. The lowest BCUT2D eigenvalue weighted by atomic mass is 10.4. The minimum Gasteiger partial charge on any atom is -0.480 e. The average molecular weight is 387 g/mol. The molecule has 8 heteroatoms. The Balaban J connectivity index is 3.10. The van der Waals surface area contributed by atoms with Crippen LogP contribution in [0.3, 0.4) is 0 Å². The topological polar surface area (TPSA) is 83.5 Å². The molecule has 17 heavy (non-hydrogen) atoms. The lowest BCUT2D eigenvalue weighted by Crippen LogP contribution is -2.38. The standard InChI is InChI=1S/C9H9Br2NO4S/c1-5(9(13)14)12-17(15,16)8-3-2-6(10)4-7(8)11/h2-5,12H,1H3,(H,13,14)/t5-/m1/s1. The summed E-state index contributed by atoms with van der Waals surface area (Å²) in [4.78, 5) is 10.6. The minimum absolute atomic E-state index is 0.00574. The number of benzene rings is 1. The normalized spacial score (nSPS) is 13.4. The van der Waals surface area contributed by atoms with Gasteiger partial charge in [-0.3, -0.25) is 4.79 Å². The molecule has 5 nitrogen and oxygen atoms in total. The van der Waals surface area contributed by atoms with Crippen molar-refractivity contribution in [3.63, 3.8) is 0 Å². The largest absolute Gasteiger partial charge is 0.480 e. The Morgan fingerprint density at radius 2 is 2.00 bits per heavy atom. The molecular weight excluding hydrogens is 378 g/mol. The first-order valence-electron chi connectivity index (χ1n) is 4.44. The van der Waals surface area contributed by atoms with E-state index in [4.69, 9.17) is 5.11 Å². The van der Waals surface area contributed by atoms with Crippen LogP contribution in [0.4, 0.5) is 0 Å². The SMILES string of the molecule is C[C@@H](NS(=O)(=O)c1ccc(Br)cc1Br)C(=O)O. The number of carbonyl (C=O) groups is 1. The predicted octanol–water partition coefficient (Wildman–Crippen LogP) is 1.96. The van der Waals surface area contributed by atoms with Gasteiger partial charge in [0.15, 0.2) is 0 Å². The quantitative estimate of drug-likeness (QED) is 0.828. The maximum absolute atomic E-state index is 11.9. The van der Waals surface area contributed by atoms with Crippen molar-refractivity contribution in [1.29, 1.82) is 0 Å². The second kappa shape index (κ2) is 5.47. The predicted molar refractivity (Wildman–Crippen MR) is 69.3 cm³/mol. The first kappa shape index (κ1) is 14.6. The maximum Gasteiger partial charge on any atom is 0.321 e.